The van der Waals surface area contributed by atoms with Crippen LogP contribution < -0.4 is 4.74 Å². The summed E-state index contributed by atoms with van der Waals surface area (Å²) in [7, 11) is -3.51. The number of rotatable bonds is 7. The molecule has 0 aromatic heterocycles. The van der Waals surface area contributed by atoms with Gasteiger partial charge in [-0.1, -0.05) is 29.3 Å². The molecule has 2 aromatic carbocycles. The standard InChI is InChI=1S/C22H25ClN2O5S/c1-17-2-8-20(9-3-17)31(28,29)15-10-21(26)24-11-13-25(14-12-24)22(27)16-30-19-6-4-18(23)5-7-19/h2-9H,10-16H2,1H3. The number of carbonyl (C=O) groups is 2. The number of aryl methyl sites for hydroxylation is 1. The van der Waals surface area contributed by atoms with Crippen LogP contribution in [0.4, 0.5) is 0 Å². The molecule has 9 heteroatoms. The van der Waals surface area contributed by atoms with Crippen LogP contribution in [0.15, 0.2) is 53.4 Å². The molecule has 2 aromatic rings. The van der Waals surface area contributed by atoms with Crippen molar-refractivity contribution in [2.24, 2.45) is 0 Å². The van der Waals surface area contributed by atoms with Crippen LogP contribution in [0.1, 0.15) is 12.0 Å². The number of halogens is 1. The van der Waals surface area contributed by atoms with E-state index in [1.165, 1.54) is 0 Å². The van der Waals surface area contributed by atoms with Crippen molar-refractivity contribution in [2.45, 2.75) is 18.2 Å². The fourth-order valence-electron chi connectivity index (χ4n) is 3.22. The second-order valence-corrected chi connectivity index (χ2v) is 9.93. The highest BCUT2D eigenvalue weighted by Gasteiger charge is 2.25. The van der Waals surface area contributed by atoms with Gasteiger partial charge in [-0.2, -0.15) is 0 Å². The Morgan fingerprint density at radius 2 is 1.45 bits per heavy atom. The van der Waals surface area contributed by atoms with Gasteiger partial charge in [-0.05, 0) is 43.3 Å². The molecule has 0 unspecified atom stereocenters. The van der Waals surface area contributed by atoms with Crippen molar-refractivity contribution in [3.63, 3.8) is 0 Å². The maximum absolute atomic E-state index is 12.5. The zero-order valence-electron chi connectivity index (χ0n) is 17.3. The topological polar surface area (TPSA) is 84.0 Å². The molecule has 166 valence electrons. The van der Waals surface area contributed by atoms with Crippen LogP contribution >= 0.6 is 11.6 Å². The molecule has 1 heterocycles. The van der Waals surface area contributed by atoms with Crippen molar-refractivity contribution >= 4 is 33.3 Å². The van der Waals surface area contributed by atoms with E-state index in [4.69, 9.17) is 16.3 Å². The third-order valence-electron chi connectivity index (χ3n) is 5.13. The summed E-state index contributed by atoms with van der Waals surface area (Å²) in [5, 5.41) is 0.589. The Balaban J connectivity index is 1.43. The first kappa shape index (κ1) is 23.1. The van der Waals surface area contributed by atoms with E-state index in [1.54, 1.807) is 58.3 Å². The van der Waals surface area contributed by atoms with Crippen molar-refractivity contribution in [3.8, 4) is 5.75 Å². The number of amides is 2. The van der Waals surface area contributed by atoms with Crippen molar-refractivity contribution in [3.05, 3.63) is 59.1 Å². The zero-order valence-corrected chi connectivity index (χ0v) is 18.9. The monoisotopic (exact) mass is 464 g/mol. The van der Waals surface area contributed by atoms with Gasteiger partial charge in [-0.25, -0.2) is 8.42 Å². The molecule has 7 nitrogen and oxygen atoms in total. The van der Waals surface area contributed by atoms with Crippen molar-refractivity contribution in [1.82, 2.24) is 9.80 Å². The molecule has 1 aliphatic heterocycles. The van der Waals surface area contributed by atoms with E-state index in [0.717, 1.165) is 5.56 Å². The maximum atomic E-state index is 12.5. The molecule has 1 saturated heterocycles. The average Bonchev–Trinajstić information content (AvgIpc) is 2.77. The average molecular weight is 465 g/mol. The summed E-state index contributed by atoms with van der Waals surface area (Å²) in [4.78, 5) is 28.3. The minimum absolute atomic E-state index is 0.0795. The van der Waals surface area contributed by atoms with E-state index >= 15 is 0 Å². The number of benzene rings is 2. The van der Waals surface area contributed by atoms with Crippen molar-refractivity contribution in [2.75, 3.05) is 38.5 Å². The van der Waals surface area contributed by atoms with E-state index in [-0.39, 0.29) is 35.5 Å². The van der Waals surface area contributed by atoms with Crippen molar-refractivity contribution in [1.29, 1.82) is 0 Å². The predicted molar refractivity (Wildman–Crippen MR) is 118 cm³/mol. The van der Waals surface area contributed by atoms with Crippen LogP contribution in [-0.2, 0) is 19.4 Å². The highest BCUT2D eigenvalue weighted by Crippen LogP contribution is 2.16. The summed E-state index contributed by atoms with van der Waals surface area (Å²) in [6, 6.07) is 13.4. The summed E-state index contributed by atoms with van der Waals surface area (Å²) >= 11 is 5.82. The Kier molecular flexibility index (Phi) is 7.56. The largest absolute Gasteiger partial charge is 0.484 e. The van der Waals surface area contributed by atoms with Gasteiger partial charge in [-0.3, -0.25) is 9.59 Å². The van der Waals surface area contributed by atoms with Gasteiger partial charge in [0.05, 0.1) is 10.6 Å². The molecule has 0 atom stereocenters. The second-order valence-electron chi connectivity index (χ2n) is 7.39. The predicted octanol–water partition coefficient (Wildman–Crippen LogP) is 2.56. The maximum Gasteiger partial charge on any atom is 0.260 e. The molecule has 0 N–H and O–H groups in total. The third kappa shape index (κ3) is 6.45. The fraction of sp³-hybridized carbons (Fsp3) is 0.364. The number of sulfone groups is 1. The van der Waals surface area contributed by atoms with Gasteiger partial charge in [0, 0.05) is 37.6 Å². The summed E-state index contributed by atoms with van der Waals surface area (Å²) in [5.74, 6) is -0.0614. The Morgan fingerprint density at radius 3 is 2.03 bits per heavy atom. The lowest BCUT2D eigenvalue weighted by atomic mass is 10.2. The van der Waals surface area contributed by atoms with Crippen LogP contribution in [0.25, 0.3) is 0 Å². The SMILES string of the molecule is Cc1ccc(S(=O)(=O)CCC(=O)N2CCN(C(=O)COc3ccc(Cl)cc3)CC2)cc1. The minimum atomic E-state index is -3.51. The van der Waals surface area contributed by atoms with Crippen LogP contribution in [0.3, 0.4) is 0 Å². The van der Waals surface area contributed by atoms with Gasteiger partial charge in [0.2, 0.25) is 5.91 Å². The number of ether oxygens (including phenoxy) is 1. The summed E-state index contributed by atoms with van der Waals surface area (Å²) in [5.41, 5.74) is 0.973. The lowest BCUT2D eigenvalue weighted by molar-refractivity contribution is -0.140. The fourth-order valence-corrected chi connectivity index (χ4v) is 4.57. The highest BCUT2D eigenvalue weighted by atomic mass is 35.5. The first-order valence-electron chi connectivity index (χ1n) is 9.98. The van der Waals surface area contributed by atoms with E-state index < -0.39 is 9.84 Å². The molecule has 31 heavy (non-hydrogen) atoms. The molecular weight excluding hydrogens is 440 g/mol. The number of piperazine rings is 1. The number of nitrogens with zero attached hydrogens (tertiary/aromatic N) is 2. The normalized spacial score (nSPS) is 14.4. The summed E-state index contributed by atoms with van der Waals surface area (Å²) < 4.78 is 30.3. The molecule has 3 rings (SSSR count). The lowest BCUT2D eigenvalue weighted by Gasteiger charge is -2.34. The quantitative estimate of drug-likeness (QED) is 0.628. The van der Waals surface area contributed by atoms with Crippen LogP contribution in [0.5, 0.6) is 5.75 Å². The zero-order chi connectivity index (χ0) is 22.4. The van der Waals surface area contributed by atoms with Gasteiger partial charge in [0.15, 0.2) is 16.4 Å². The van der Waals surface area contributed by atoms with E-state index in [1.807, 2.05) is 6.92 Å². The molecule has 0 aliphatic carbocycles. The first-order valence-corrected chi connectivity index (χ1v) is 12.0. The summed E-state index contributed by atoms with van der Waals surface area (Å²) in [6.45, 7) is 3.31. The Morgan fingerprint density at radius 1 is 0.903 bits per heavy atom. The Hall–Kier alpha value is -2.58. The van der Waals surface area contributed by atoms with Gasteiger partial charge < -0.3 is 14.5 Å². The summed E-state index contributed by atoms with van der Waals surface area (Å²) in [6.07, 6.45) is -0.0795. The molecule has 0 saturated carbocycles. The van der Waals surface area contributed by atoms with Crippen LogP contribution in [-0.4, -0.2) is 68.6 Å². The number of hydrogen-bond donors (Lipinski definition) is 0. The van der Waals surface area contributed by atoms with E-state index in [0.29, 0.717) is 37.0 Å². The number of hydrogen-bond acceptors (Lipinski definition) is 5. The molecule has 0 spiro atoms. The smallest absolute Gasteiger partial charge is 0.260 e. The Labute approximate surface area is 187 Å². The Bertz CT molecular complexity index is 1010. The van der Waals surface area contributed by atoms with E-state index in [9.17, 15) is 18.0 Å². The van der Waals surface area contributed by atoms with Gasteiger partial charge in [0.1, 0.15) is 5.75 Å². The lowest BCUT2D eigenvalue weighted by Crippen LogP contribution is -2.51. The molecule has 1 fully saturated rings. The molecule has 2 amide bonds. The van der Waals surface area contributed by atoms with Gasteiger partial charge >= 0.3 is 0 Å². The first-order chi connectivity index (χ1) is 14.7. The third-order valence-corrected chi connectivity index (χ3v) is 7.11. The molecule has 0 radical (unpaired) electrons. The minimum Gasteiger partial charge on any atom is -0.484 e. The van der Waals surface area contributed by atoms with E-state index in [2.05, 4.69) is 0 Å². The van der Waals surface area contributed by atoms with Crippen LogP contribution in [0, 0.1) is 6.92 Å². The second kappa shape index (κ2) is 10.2. The molecule has 0 bridgehead atoms. The van der Waals surface area contributed by atoms with Gasteiger partial charge in [-0.15, -0.1) is 0 Å². The molecule has 1 aliphatic rings. The highest BCUT2D eigenvalue weighted by molar-refractivity contribution is 7.91. The van der Waals surface area contributed by atoms with Crippen LogP contribution in [0.2, 0.25) is 5.02 Å². The van der Waals surface area contributed by atoms with Crippen molar-refractivity contribution < 1.29 is 22.7 Å². The molecular formula is C22H25ClN2O5S. The van der Waals surface area contributed by atoms with Gasteiger partial charge in [0.25, 0.3) is 5.91 Å². The number of carbonyl (C=O) groups excluding carboxylic acids is 2.